The number of aryl methyl sites for hydroxylation is 1. The summed E-state index contributed by atoms with van der Waals surface area (Å²) >= 11 is 11.5. The van der Waals surface area contributed by atoms with E-state index in [0.717, 1.165) is 24.6 Å². The first-order valence-electron chi connectivity index (χ1n) is 17.2. The summed E-state index contributed by atoms with van der Waals surface area (Å²) in [5.74, 6) is 1.96. The van der Waals surface area contributed by atoms with Gasteiger partial charge in [-0.1, -0.05) is 95.6 Å². The van der Waals surface area contributed by atoms with Crippen molar-refractivity contribution in [1.29, 1.82) is 0 Å². The van der Waals surface area contributed by atoms with Crippen molar-refractivity contribution >= 4 is 70.6 Å². The molecule has 10 heteroatoms. The predicted octanol–water partition coefficient (Wildman–Crippen LogP) is 10.8. The number of pyridine rings is 4. The minimum absolute atomic E-state index is 0.860. The maximum absolute atomic E-state index is 4.12. The molecule has 2 aromatic carbocycles. The lowest BCUT2D eigenvalue weighted by atomic mass is 10.1. The molecule has 0 N–H and O–H groups in total. The van der Waals surface area contributed by atoms with Gasteiger partial charge in [-0.05, 0) is 56.3 Å². The zero-order chi connectivity index (χ0) is 35.8. The van der Waals surface area contributed by atoms with Crippen LogP contribution in [-0.4, -0.2) is 4.98 Å². The first-order valence-corrected chi connectivity index (χ1v) is 22.6. The van der Waals surface area contributed by atoms with Gasteiger partial charge in [-0.25, -0.2) is 13.7 Å². The SMILES string of the molecule is C[n+]1ccc(-c2cc[n+](Cc3ccc(CSC4=CS/C(=C5/SC=C(SCc6ccc(C[n+]7ccc(-c8ccncc8)cc7)cc6)S5)S4)cc3)cc2)cc1. The Hall–Kier alpha value is -3.64. The molecule has 0 saturated carbocycles. The Balaban J connectivity index is 0.756. The number of benzene rings is 2. The lowest BCUT2D eigenvalue weighted by Crippen LogP contribution is -2.33. The highest BCUT2D eigenvalue weighted by molar-refractivity contribution is 8.39. The molecule has 0 unspecified atom stereocenters. The molecule has 4 nitrogen and oxygen atoms in total. The summed E-state index contributed by atoms with van der Waals surface area (Å²) in [6.45, 7) is 1.73. The molecule has 0 bridgehead atoms. The molecular weight excluding hydrogens is 765 g/mol. The Morgan fingerprint density at radius 2 is 0.849 bits per heavy atom. The van der Waals surface area contributed by atoms with Gasteiger partial charge in [0.1, 0.15) is 7.05 Å². The van der Waals surface area contributed by atoms with E-state index in [1.165, 1.54) is 61.5 Å². The maximum Gasteiger partial charge on any atom is 0.173 e. The van der Waals surface area contributed by atoms with Crippen LogP contribution in [0.5, 0.6) is 0 Å². The molecule has 0 fully saturated rings. The van der Waals surface area contributed by atoms with Crippen LogP contribution in [0.15, 0.2) is 174 Å². The number of thioether (sulfide) groups is 6. The summed E-state index contributed by atoms with van der Waals surface area (Å²) in [6, 6.07) is 35.3. The molecule has 0 aliphatic carbocycles. The van der Waals surface area contributed by atoms with Crippen molar-refractivity contribution in [2.24, 2.45) is 7.05 Å². The number of nitrogens with zero attached hydrogens (tertiary/aromatic N) is 4. The maximum atomic E-state index is 4.12. The van der Waals surface area contributed by atoms with Crippen LogP contribution < -0.4 is 13.7 Å². The Bertz CT molecular complexity index is 2250. The van der Waals surface area contributed by atoms with Gasteiger partial charge < -0.3 is 0 Å². The van der Waals surface area contributed by atoms with Gasteiger partial charge in [0, 0.05) is 71.4 Å². The second-order valence-corrected chi connectivity index (χ2v) is 19.5. The summed E-state index contributed by atoms with van der Waals surface area (Å²) in [5, 5.41) is 4.64. The van der Waals surface area contributed by atoms with E-state index in [1.54, 1.807) is 0 Å². The molecule has 8 rings (SSSR count). The minimum Gasteiger partial charge on any atom is -0.265 e. The molecular formula is C43H37N4S6+3. The fourth-order valence-electron chi connectivity index (χ4n) is 5.75. The molecule has 262 valence electrons. The fraction of sp³-hybridized carbons (Fsp3) is 0.116. The number of rotatable bonds is 12. The summed E-state index contributed by atoms with van der Waals surface area (Å²) in [6.07, 6.45) is 16.5. The highest BCUT2D eigenvalue weighted by atomic mass is 32.2. The van der Waals surface area contributed by atoms with Crippen molar-refractivity contribution in [1.82, 2.24) is 4.98 Å². The first kappa shape index (κ1) is 36.3. The summed E-state index contributed by atoms with van der Waals surface area (Å²) in [7, 11) is 2.04. The molecule has 0 amide bonds. The second-order valence-electron chi connectivity index (χ2n) is 12.6. The van der Waals surface area contributed by atoms with E-state index in [9.17, 15) is 0 Å². The Kier molecular flexibility index (Phi) is 12.1. The van der Waals surface area contributed by atoms with Crippen LogP contribution in [0.2, 0.25) is 0 Å². The van der Waals surface area contributed by atoms with Gasteiger partial charge in [-0.15, -0.1) is 23.5 Å². The average Bonchev–Trinajstić information content (AvgIpc) is 3.89. The smallest absolute Gasteiger partial charge is 0.173 e. The van der Waals surface area contributed by atoms with Gasteiger partial charge >= 0.3 is 0 Å². The summed E-state index contributed by atoms with van der Waals surface area (Å²) in [5.41, 5.74) is 10.2. The molecule has 0 radical (unpaired) electrons. The molecule has 4 aromatic heterocycles. The topological polar surface area (TPSA) is 24.5 Å². The van der Waals surface area contributed by atoms with E-state index in [-0.39, 0.29) is 0 Å². The third-order valence-corrected chi connectivity index (χ3v) is 16.8. The van der Waals surface area contributed by atoms with Crippen LogP contribution in [0.1, 0.15) is 22.3 Å². The Labute approximate surface area is 337 Å². The van der Waals surface area contributed by atoms with Gasteiger partial charge in [-0.3, -0.25) is 4.98 Å². The van der Waals surface area contributed by atoms with Gasteiger partial charge in [0.05, 0.1) is 16.9 Å². The second kappa shape index (κ2) is 17.7. The Morgan fingerprint density at radius 1 is 0.472 bits per heavy atom. The number of hydrogen-bond donors (Lipinski definition) is 0. The Morgan fingerprint density at radius 3 is 1.28 bits per heavy atom. The van der Waals surface area contributed by atoms with Crippen LogP contribution in [-0.2, 0) is 31.6 Å². The van der Waals surface area contributed by atoms with Crippen molar-refractivity contribution in [3.63, 3.8) is 0 Å². The zero-order valence-corrected chi connectivity index (χ0v) is 34.0. The fourth-order valence-corrected chi connectivity index (χ4v) is 13.3. The molecule has 2 aliphatic rings. The molecule has 0 saturated heterocycles. The number of aromatic nitrogens is 4. The van der Waals surface area contributed by atoms with Crippen molar-refractivity contribution in [3.05, 3.63) is 197 Å². The van der Waals surface area contributed by atoms with Gasteiger partial charge in [0.15, 0.2) is 50.3 Å². The first-order chi connectivity index (χ1) is 26.1. The largest absolute Gasteiger partial charge is 0.265 e. The van der Waals surface area contributed by atoms with Crippen LogP contribution in [0.25, 0.3) is 22.3 Å². The van der Waals surface area contributed by atoms with E-state index < -0.39 is 0 Å². The monoisotopic (exact) mass is 801 g/mol. The van der Waals surface area contributed by atoms with Gasteiger partial charge in [0.25, 0.3) is 0 Å². The van der Waals surface area contributed by atoms with Gasteiger partial charge in [0.2, 0.25) is 0 Å². The predicted molar refractivity (Wildman–Crippen MR) is 230 cm³/mol. The van der Waals surface area contributed by atoms with Crippen molar-refractivity contribution < 1.29 is 13.7 Å². The highest BCUT2D eigenvalue weighted by Gasteiger charge is 2.22. The van der Waals surface area contributed by atoms with Crippen molar-refractivity contribution in [3.8, 4) is 22.3 Å². The standard InChI is InChI=1S/C43H37N4S6/c1-45-20-12-37(13-21-45)39-16-24-47(25-17-39)27-33-4-8-35(9-5-33)29-49-41-31-51-43(53-41)42-50-30-40(52-42)48-28-34-6-2-32(3-7-34)26-46-22-14-38(15-23-46)36-10-18-44-19-11-36/h2-25,30-31H,26-29H2,1H3/q+3/b43-42+. The molecule has 0 spiro atoms. The van der Waals surface area contributed by atoms with E-state index >= 15 is 0 Å². The molecule has 6 aromatic rings. The molecule has 0 atom stereocenters. The molecule has 6 heterocycles. The van der Waals surface area contributed by atoms with Crippen LogP contribution in [0.3, 0.4) is 0 Å². The van der Waals surface area contributed by atoms with Gasteiger partial charge in [-0.2, -0.15) is 0 Å². The third-order valence-electron chi connectivity index (χ3n) is 8.72. The highest BCUT2D eigenvalue weighted by Crippen LogP contribution is 2.59. The zero-order valence-electron chi connectivity index (χ0n) is 29.1. The number of hydrogen-bond acceptors (Lipinski definition) is 7. The van der Waals surface area contributed by atoms with Crippen LogP contribution in [0, 0.1) is 0 Å². The summed E-state index contributed by atoms with van der Waals surface area (Å²) < 4.78 is 12.1. The van der Waals surface area contributed by atoms with Crippen LogP contribution >= 0.6 is 70.6 Å². The van der Waals surface area contributed by atoms with Crippen molar-refractivity contribution in [2.45, 2.75) is 24.6 Å². The average molecular weight is 802 g/mol. The lowest BCUT2D eigenvalue weighted by Gasteiger charge is -2.06. The van der Waals surface area contributed by atoms with E-state index in [2.05, 4.69) is 152 Å². The van der Waals surface area contributed by atoms with Crippen molar-refractivity contribution in [2.75, 3.05) is 0 Å². The quantitative estimate of drug-likeness (QED) is 0.114. The lowest BCUT2D eigenvalue weighted by molar-refractivity contribution is -0.688. The third kappa shape index (κ3) is 9.92. The summed E-state index contributed by atoms with van der Waals surface area (Å²) in [4.78, 5) is 4.12. The van der Waals surface area contributed by atoms with E-state index in [0.29, 0.717) is 0 Å². The molecule has 53 heavy (non-hydrogen) atoms. The van der Waals surface area contributed by atoms with E-state index in [4.69, 9.17) is 0 Å². The normalized spacial score (nSPS) is 15.4. The minimum atomic E-state index is 0.860. The van der Waals surface area contributed by atoms with E-state index in [1.807, 2.05) is 102 Å². The molecule has 2 aliphatic heterocycles. The van der Waals surface area contributed by atoms with Crippen LogP contribution in [0.4, 0.5) is 0 Å².